The van der Waals surface area contributed by atoms with Crippen molar-refractivity contribution in [2.75, 3.05) is 47.4 Å². The van der Waals surface area contributed by atoms with Gasteiger partial charge in [-0.3, -0.25) is 37.5 Å². The van der Waals surface area contributed by atoms with Crippen LogP contribution in [0.5, 0.6) is 5.75 Å². The van der Waals surface area contributed by atoms with Gasteiger partial charge in [-0.1, -0.05) is 42.5 Å². The lowest BCUT2D eigenvalue weighted by Gasteiger charge is -2.14. The van der Waals surface area contributed by atoms with E-state index in [1.807, 2.05) is 212 Å². The summed E-state index contributed by atoms with van der Waals surface area (Å²) in [5.41, 5.74) is 19.6. The Morgan fingerprint density at radius 3 is 0.944 bits per heavy atom. The number of para-hydroxylation sites is 2. The molecule has 4 aromatic carbocycles. The Morgan fingerprint density at radius 1 is 0.317 bits per heavy atom. The average Bonchev–Trinajstić information content (AvgIpc) is 1.62. The van der Waals surface area contributed by atoms with E-state index in [0.29, 0.717) is 72.0 Å². The molecule has 0 aliphatic heterocycles. The maximum atomic E-state index is 5.47. The Balaban J connectivity index is 0.000000119. The zero-order valence-electron chi connectivity index (χ0n) is 73.1. The van der Waals surface area contributed by atoms with E-state index in [0.717, 1.165) is 148 Å². The van der Waals surface area contributed by atoms with E-state index in [1.54, 1.807) is 13.3 Å². The summed E-state index contributed by atoms with van der Waals surface area (Å²) in [6.07, 6.45) is 15.0. The van der Waals surface area contributed by atoms with Gasteiger partial charge in [0.1, 0.15) is 51.8 Å². The molecule has 0 fully saturated rings. The van der Waals surface area contributed by atoms with Gasteiger partial charge in [-0.15, -0.1) is 40.8 Å². The molecular weight excluding hydrogens is 1580 g/mol. The van der Waals surface area contributed by atoms with Crippen molar-refractivity contribution in [2.45, 2.75) is 140 Å². The fourth-order valence-corrected chi connectivity index (χ4v) is 14.9. The highest BCUT2D eigenvalue weighted by atomic mass is 16.5. The summed E-state index contributed by atoms with van der Waals surface area (Å²) in [7, 11) is 5.74. The molecule has 16 aromatic heterocycles. The lowest BCUT2D eigenvalue weighted by Crippen LogP contribution is -2.14. The molecule has 20 rings (SSSR count). The molecule has 0 aliphatic rings. The number of hydrogen-bond acceptors (Lipinski definition) is 26. The van der Waals surface area contributed by atoms with Crippen LogP contribution in [0.25, 0.3) is 113 Å². The second-order valence-corrected chi connectivity index (χ2v) is 32.1. The van der Waals surface area contributed by atoms with E-state index < -0.39 is 0 Å². The SMILES string of the molecule is COc1ccc2nc(-c3cn4c(C)nnc4c(NC(C)C)n3)n(Cc3ccccn3)c2c1.Cc1ccc2nc(-c3cn4c(C)nnc4c(NC(C)C)n3)n(Cc3ccccn3)c2c1.Cc1nnc2c(NC(C)C)nc(-c3nc4ccc(N(C)C)cc4n3Cc3ccccn3)cn12.Cc1nnc2c(NC(C)C)nc(-c3nc4ccccc4n3Cc3ccccn3)cn12. The van der Waals surface area contributed by atoms with Crippen LogP contribution in [0.4, 0.5) is 29.0 Å². The third-order valence-electron chi connectivity index (χ3n) is 20.8. The Hall–Kier alpha value is -15.6. The molecule has 0 radical (unpaired) electrons. The molecule has 0 aliphatic carbocycles. The largest absolute Gasteiger partial charge is 0.497 e. The molecule has 0 spiro atoms. The molecule has 0 amide bonds. The van der Waals surface area contributed by atoms with Crippen LogP contribution < -0.4 is 30.9 Å². The highest BCUT2D eigenvalue weighted by Gasteiger charge is 2.26. The van der Waals surface area contributed by atoms with Crippen molar-refractivity contribution in [1.82, 2.24) is 136 Å². The number of nitrogens with one attached hydrogen (secondary N) is 4. The topological polar surface area (TPSA) is 356 Å². The van der Waals surface area contributed by atoms with Gasteiger partial charge in [0.25, 0.3) is 0 Å². The van der Waals surface area contributed by atoms with Crippen LogP contribution in [0.3, 0.4) is 0 Å². The quantitative estimate of drug-likeness (QED) is 0.0489. The zero-order valence-corrected chi connectivity index (χ0v) is 73.1. The number of rotatable bonds is 22. The standard InChI is InChI=1S/C24H27N9.C23H24N8O.C23H24N8.C22H22N8/c1-15(2)26-22-24-30-29-16(3)32(24)14-20(27-22)23-28-19-10-9-18(31(4)5)12-21(19)33(23)13-17-8-6-7-11-25-17;1-14(2)25-21-23-29-28-15(3)30(23)13-19(26-21)22-27-18-9-8-17(32-4)11-20(18)31(22)12-16-7-5-6-10-24-16;1-14(2)25-21-23-29-28-16(4)30(23)13-19(26-21)22-27-18-9-8-15(3)11-20(18)31(22)12-17-7-5-6-10-24-17;1-14(2)24-20-22-28-27-15(3)29(22)13-18(25-20)21-26-17-9-4-5-10-19(17)30(21)12-16-8-6-7-11-23-16/h6-12,14-15H,13H2,1-5H3,(H,26,27);5-11,13-14H,12H2,1-4H3,(H,25,26);5-11,13-14H,12H2,1-4H3,(H,25,26);4-11,13-14H,12H2,1-3H3,(H,24,25). The lowest BCUT2D eigenvalue weighted by molar-refractivity contribution is 0.415. The summed E-state index contributed by atoms with van der Waals surface area (Å²) in [6, 6.07) is 51.1. The minimum Gasteiger partial charge on any atom is -0.497 e. The molecule has 126 heavy (non-hydrogen) atoms. The molecule has 0 bridgehead atoms. The van der Waals surface area contributed by atoms with Crippen LogP contribution in [0.1, 0.15) is 107 Å². The van der Waals surface area contributed by atoms with Gasteiger partial charge in [0.15, 0.2) is 46.6 Å². The van der Waals surface area contributed by atoms with Crippen molar-refractivity contribution in [1.29, 1.82) is 0 Å². The number of aryl methyl sites for hydroxylation is 5. The van der Waals surface area contributed by atoms with E-state index in [1.165, 1.54) is 5.56 Å². The molecule has 4 N–H and O–H groups in total. The number of imidazole rings is 4. The molecule has 34 nitrogen and oxygen atoms in total. The van der Waals surface area contributed by atoms with Crippen LogP contribution in [-0.2, 0) is 26.2 Å². The fraction of sp³-hybridized carbons (Fsp3) is 0.261. The summed E-state index contributed by atoms with van der Waals surface area (Å²) >= 11 is 0. The van der Waals surface area contributed by atoms with Crippen molar-refractivity contribution < 1.29 is 4.74 Å². The first kappa shape index (κ1) is 82.7. The van der Waals surface area contributed by atoms with Gasteiger partial charge in [-0.2, -0.15) is 0 Å². The minimum absolute atomic E-state index is 0.190. The number of methoxy groups -OCH3 is 1. The zero-order chi connectivity index (χ0) is 87.6. The number of aromatic nitrogens is 28. The first-order valence-electron chi connectivity index (χ1n) is 41.7. The number of hydrogen-bond donors (Lipinski definition) is 4. The monoisotopic (exact) mass is 1680 g/mol. The Kier molecular flexibility index (Phi) is 23.2. The number of benzene rings is 4. The average molecular weight is 1680 g/mol. The molecule has 16 heterocycles. The molecule has 0 saturated heterocycles. The first-order valence-corrected chi connectivity index (χ1v) is 41.7. The lowest BCUT2D eigenvalue weighted by atomic mass is 10.2. The van der Waals surface area contributed by atoms with Crippen molar-refractivity contribution >= 4 is 95.7 Å². The summed E-state index contributed by atoms with van der Waals surface area (Å²) < 4.78 is 21.9. The third-order valence-corrected chi connectivity index (χ3v) is 20.8. The minimum atomic E-state index is 0.190. The molecule has 636 valence electrons. The molecule has 0 unspecified atom stereocenters. The van der Waals surface area contributed by atoms with E-state index in [9.17, 15) is 0 Å². The number of pyridine rings is 4. The van der Waals surface area contributed by atoms with E-state index >= 15 is 0 Å². The van der Waals surface area contributed by atoms with E-state index in [-0.39, 0.29) is 24.2 Å². The third kappa shape index (κ3) is 17.3. The van der Waals surface area contributed by atoms with Crippen LogP contribution >= 0.6 is 0 Å². The smallest absolute Gasteiger partial charge is 0.203 e. The Bertz CT molecular complexity index is 7280. The van der Waals surface area contributed by atoms with Crippen LogP contribution in [0.15, 0.2) is 201 Å². The number of ether oxygens (including phenoxy) is 1. The molecular formula is C92H97N33O. The maximum Gasteiger partial charge on any atom is 0.203 e. The van der Waals surface area contributed by atoms with Crippen molar-refractivity contribution in [3.05, 3.63) is 253 Å². The normalized spacial score (nSPS) is 11.6. The number of nitrogens with zero attached hydrogens (tertiary/aromatic N) is 29. The maximum absolute atomic E-state index is 5.47. The van der Waals surface area contributed by atoms with Crippen molar-refractivity contribution in [3.63, 3.8) is 0 Å². The first-order chi connectivity index (χ1) is 61.0. The summed E-state index contributed by atoms with van der Waals surface area (Å²) in [5, 5.41) is 47.7. The van der Waals surface area contributed by atoms with Crippen LogP contribution in [-0.4, -0.2) is 182 Å². The summed E-state index contributed by atoms with van der Waals surface area (Å²) in [5.74, 6) is 9.77. The second-order valence-electron chi connectivity index (χ2n) is 32.1. The van der Waals surface area contributed by atoms with Crippen molar-refractivity contribution in [3.8, 4) is 51.8 Å². The number of fused-ring (bicyclic) bond motifs is 8. The highest BCUT2D eigenvalue weighted by molar-refractivity contribution is 5.87. The summed E-state index contributed by atoms with van der Waals surface area (Å²) in [4.78, 5) is 59.6. The van der Waals surface area contributed by atoms with E-state index in [2.05, 4.69) is 210 Å². The molecule has 20 aromatic rings. The van der Waals surface area contributed by atoms with Gasteiger partial charge in [-0.05, 0) is 199 Å². The molecule has 34 heteroatoms. The fourth-order valence-electron chi connectivity index (χ4n) is 14.9. The van der Waals surface area contributed by atoms with Gasteiger partial charge in [-0.25, -0.2) is 39.9 Å². The van der Waals surface area contributed by atoms with Gasteiger partial charge >= 0.3 is 0 Å². The predicted molar refractivity (Wildman–Crippen MR) is 491 cm³/mol. The van der Waals surface area contributed by atoms with Gasteiger partial charge in [0.2, 0.25) is 22.6 Å². The highest BCUT2D eigenvalue weighted by Crippen LogP contribution is 2.35. The predicted octanol–water partition coefficient (Wildman–Crippen LogP) is 15.2. The molecule has 0 saturated carbocycles. The summed E-state index contributed by atoms with van der Waals surface area (Å²) in [6.45, 7) is 28.7. The van der Waals surface area contributed by atoms with Crippen molar-refractivity contribution in [2.24, 2.45) is 0 Å². The Morgan fingerprint density at radius 2 is 0.619 bits per heavy atom. The van der Waals surface area contributed by atoms with E-state index in [4.69, 9.17) is 44.6 Å². The Labute approximate surface area is 725 Å². The van der Waals surface area contributed by atoms with Gasteiger partial charge in [0, 0.05) is 99.6 Å². The van der Waals surface area contributed by atoms with Gasteiger partial charge in [0.05, 0.1) is 100 Å². The van der Waals surface area contributed by atoms with Crippen LogP contribution in [0, 0.1) is 34.6 Å². The second kappa shape index (κ2) is 35.4. The molecule has 0 atom stereocenters. The van der Waals surface area contributed by atoms with Crippen LogP contribution in [0.2, 0.25) is 0 Å². The van der Waals surface area contributed by atoms with Gasteiger partial charge < -0.3 is 49.2 Å². The number of anilines is 5.